The highest BCUT2D eigenvalue weighted by Crippen LogP contribution is 2.28. The van der Waals surface area contributed by atoms with Crippen molar-refractivity contribution < 1.29 is 13.9 Å². The summed E-state index contributed by atoms with van der Waals surface area (Å²) in [6, 6.07) is 9.88. The summed E-state index contributed by atoms with van der Waals surface area (Å²) in [6.45, 7) is 0. The van der Waals surface area contributed by atoms with Crippen LogP contribution in [0.5, 0.6) is 5.75 Å². The fourth-order valence-electron chi connectivity index (χ4n) is 1.95. The third kappa shape index (κ3) is 2.04. The maximum absolute atomic E-state index is 13.4. The molecule has 3 aromatic rings. The Morgan fingerprint density at radius 1 is 1.15 bits per heavy atom. The van der Waals surface area contributed by atoms with Gasteiger partial charge in [-0.1, -0.05) is 17.7 Å². The highest BCUT2D eigenvalue weighted by Gasteiger charge is 2.11. The standard InChI is InChI=1S/C15H8ClFO3/c16-10-3-1-2-9-13(19)7-14(20-15(9)10)8-4-5-12(18)11(17)6-8/h1-7,18H. The average Bonchev–Trinajstić information content (AvgIpc) is 2.43. The summed E-state index contributed by atoms with van der Waals surface area (Å²) in [5.74, 6) is -1.06. The number of phenols is 1. The van der Waals surface area contributed by atoms with Crippen LogP contribution in [-0.2, 0) is 0 Å². The molecule has 20 heavy (non-hydrogen) atoms. The largest absolute Gasteiger partial charge is 0.505 e. The Morgan fingerprint density at radius 2 is 1.95 bits per heavy atom. The van der Waals surface area contributed by atoms with Gasteiger partial charge >= 0.3 is 0 Å². The molecule has 0 saturated carbocycles. The molecule has 0 aliphatic rings. The summed E-state index contributed by atoms with van der Waals surface area (Å²) in [6.07, 6.45) is 0. The number of benzene rings is 2. The van der Waals surface area contributed by atoms with E-state index in [0.717, 1.165) is 6.07 Å². The topological polar surface area (TPSA) is 50.4 Å². The normalized spacial score (nSPS) is 10.9. The summed E-state index contributed by atoms with van der Waals surface area (Å²) in [5.41, 5.74) is 0.335. The smallest absolute Gasteiger partial charge is 0.193 e. The molecule has 0 spiro atoms. The predicted octanol–water partition coefficient (Wildman–Crippen LogP) is 3.96. The lowest BCUT2D eigenvalue weighted by atomic mass is 10.1. The van der Waals surface area contributed by atoms with Crippen molar-refractivity contribution in [3.63, 3.8) is 0 Å². The van der Waals surface area contributed by atoms with E-state index in [1.807, 2.05) is 0 Å². The average molecular weight is 291 g/mol. The molecule has 1 N–H and O–H groups in total. The fraction of sp³-hybridized carbons (Fsp3) is 0. The zero-order valence-corrected chi connectivity index (χ0v) is 10.8. The molecule has 0 aliphatic heterocycles. The SMILES string of the molecule is O=c1cc(-c2ccc(O)c(F)c2)oc2c(Cl)cccc12. The molecule has 0 amide bonds. The van der Waals surface area contributed by atoms with Crippen molar-refractivity contribution in [2.45, 2.75) is 0 Å². The van der Waals surface area contributed by atoms with Crippen LogP contribution in [0.1, 0.15) is 0 Å². The molecule has 2 aromatic carbocycles. The van der Waals surface area contributed by atoms with E-state index in [9.17, 15) is 14.3 Å². The first-order valence-electron chi connectivity index (χ1n) is 5.77. The number of hydrogen-bond acceptors (Lipinski definition) is 3. The Bertz CT molecular complexity index is 871. The van der Waals surface area contributed by atoms with E-state index in [2.05, 4.69) is 0 Å². The van der Waals surface area contributed by atoms with E-state index in [0.29, 0.717) is 16.0 Å². The van der Waals surface area contributed by atoms with Gasteiger partial charge in [0.25, 0.3) is 0 Å². The van der Waals surface area contributed by atoms with Crippen LogP contribution in [0.2, 0.25) is 5.02 Å². The molecular formula is C15H8ClFO3. The van der Waals surface area contributed by atoms with Gasteiger partial charge in [0.05, 0.1) is 10.4 Å². The number of fused-ring (bicyclic) bond motifs is 1. The van der Waals surface area contributed by atoms with Gasteiger partial charge in [-0.3, -0.25) is 4.79 Å². The fourth-order valence-corrected chi connectivity index (χ4v) is 2.16. The van der Waals surface area contributed by atoms with Crippen molar-refractivity contribution in [1.82, 2.24) is 0 Å². The molecule has 0 saturated heterocycles. The third-order valence-electron chi connectivity index (χ3n) is 2.94. The minimum absolute atomic E-state index is 0.189. The van der Waals surface area contributed by atoms with Crippen molar-refractivity contribution >= 4 is 22.6 Å². The Balaban J connectivity index is 2.29. The molecular weight excluding hydrogens is 283 g/mol. The summed E-state index contributed by atoms with van der Waals surface area (Å²) >= 11 is 6.00. The van der Waals surface area contributed by atoms with E-state index in [1.54, 1.807) is 18.2 Å². The molecule has 0 radical (unpaired) electrons. The Hall–Kier alpha value is -2.33. The van der Waals surface area contributed by atoms with Gasteiger partial charge < -0.3 is 9.52 Å². The van der Waals surface area contributed by atoms with Gasteiger partial charge in [0.1, 0.15) is 5.76 Å². The van der Waals surface area contributed by atoms with Gasteiger partial charge in [0.15, 0.2) is 22.6 Å². The quantitative estimate of drug-likeness (QED) is 0.738. The summed E-state index contributed by atoms with van der Waals surface area (Å²) in [7, 11) is 0. The van der Waals surface area contributed by atoms with Crippen molar-refractivity contribution in [2.24, 2.45) is 0 Å². The maximum atomic E-state index is 13.4. The van der Waals surface area contributed by atoms with Crippen LogP contribution in [0.4, 0.5) is 4.39 Å². The molecule has 0 fully saturated rings. The van der Waals surface area contributed by atoms with E-state index < -0.39 is 11.6 Å². The van der Waals surface area contributed by atoms with Gasteiger partial charge in [-0.25, -0.2) is 4.39 Å². The lowest BCUT2D eigenvalue weighted by molar-refractivity contribution is 0.432. The van der Waals surface area contributed by atoms with E-state index >= 15 is 0 Å². The zero-order valence-electron chi connectivity index (χ0n) is 10.1. The van der Waals surface area contributed by atoms with E-state index in [1.165, 1.54) is 18.2 Å². The van der Waals surface area contributed by atoms with Crippen molar-refractivity contribution in [3.8, 4) is 17.1 Å². The first kappa shape index (κ1) is 12.7. The van der Waals surface area contributed by atoms with Gasteiger partial charge in [-0.05, 0) is 30.3 Å². The number of aromatic hydroxyl groups is 1. The molecule has 3 rings (SSSR count). The van der Waals surface area contributed by atoms with Crippen LogP contribution in [0.3, 0.4) is 0 Å². The second-order valence-corrected chi connectivity index (χ2v) is 4.66. The lowest BCUT2D eigenvalue weighted by Crippen LogP contribution is -2.00. The number of hydrogen-bond donors (Lipinski definition) is 1. The number of phenolic OH excluding ortho intramolecular Hbond substituents is 1. The monoisotopic (exact) mass is 290 g/mol. The number of rotatable bonds is 1. The van der Waals surface area contributed by atoms with Gasteiger partial charge in [-0.15, -0.1) is 0 Å². The molecule has 100 valence electrons. The third-order valence-corrected chi connectivity index (χ3v) is 3.24. The first-order chi connectivity index (χ1) is 9.56. The summed E-state index contributed by atoms with van der Waals surface area (Å²) in [5, 5.41) is 9.84. The van der Waals surface area contributed by atoms with Crippen LogP contribution >= 0.6 is 11.6 Å². The van der Waals surface area contributed by atoms with Crippen LogP contribution in [0.15, 0.2) is 51.7 Å². The van der Waals surface area contributed by atoms with E-state index in [4.69, 9.17) is 16.0 Å². The minimum atomic E-state index is -0.788. The molecule has 1 heterocycles. The second kappa shape index (κ2) is 4.65. The molecule has 5 heteroatoms. The molecule has 0 atom stereocenters. The lowest BCUT2D eigenvalue weighted by Gasteiger charge is -2.05. The highest BCUT2D eigenvalue weighted by atomic mass is 35.5. The Labute approximate surface area is 117 Å². The molecule has 1 aromatic heterocycles. The highest BCUT2D eigenvalue weighted by molar-refractivity contribution is 6.34. The van der Waals surface area contributed by atoms with Crippen molar-refractivity contribution in [1.29, 1.82) is 0 Å². The molecule has 0 bridgehead atoms. The molecule has 0 aliphatic carbocycles. The van der Waals surface area contributed by atoms with Crippen LogP contribution in [0, 0.1) is 5.82 Å². The molecule has 0 unspecified atom stereocenters. The summed E-state index contributed by atoms with van der Waals surface area (Å²) in [4.78, 5) is 12.0. The number of para-hydroxylation sites is 1. The predicted molar refractivity (Wildman–Crippen MR) is 74.6 cm³/mol. The van der Waals surface area contributed by atoms with E-state index in [-0.39, 0.29) is 16.8 Å². The molecule has 3 nitrogen and oxygen atoms in total. The first-order valence-corrected chi connectivity index (χ1v) is 6.15. The van der Waals surface area contributed by atoms with Gasteiger partial charge in [0.2, 0.25) is 0 Å². The zero-order chi connectivity index (χ0) is 14.3. The van der Waals surface area contributed by atoms with Crippen LogP contribution < -0.4 is 5.43 Å². The second-order valence-electron chi connectivity index (χ2n) is 4.26. The maximum Gasteiger partial charge on any atom is 0.193 e. The Morgan fingerprint density at radius 3 is 2.70 bits per heavy atom. The van der Waals surface area contributed by atoms with Gasteiger partial charge in [-0.2, -0.15) is 0 Å². The Kier molecular flexibility index (Phi) is 2.95. The van der Waals surface area contributed by atoms with Crippen LogP contribution in [0.25, 0.3) is 22.3 Å². The van der Waals surface area contributed by atoms with Crippen molar-refractivity contribution in [3.05, 3.63) is 63.5 Å². The summed E-state index contributed by atoms with van der Waals surface area (Å²) < 4.78 is 18.9. The van der Waals surface area contributed by atoms with Crippen LogP contribution in [-0.4, -0.2) is 5.11 Å². The number of halogens is 2. The van der Waals surface area contributed by atoms with Crippen molar-refractivity contribution in [2.75, 3.05) is 0 Å². The van der Waals surface area contributed by atoms with Gasteiger partial charge in [0, 0.05) is 11.6 Å². The minimum Gasteiger partial charge on any atom is -0.505 e.